The highest BCUT2D eigenvalue weighted by molar-refractivity contribution is 5.85. The fourth-order valence-corrected chi connectivity index (χ4v) is 4.04. The predicted molar refractivity (Wildman–Crippen MR) is 132 cm³/mol. The normalized spacial score (nSPS) is 16.1. The quantitative estimate of drug-likeness (QED) is 0.470. The summed E-state index contributed by atoms with van der Waals surface area (Å²) in [5.41, 5.74) is 3.08. The summed E-state index contributed by atoms with van der Waals surface area (Å²) in [6.07, 6.45) is 0.902. The molecule has 0 spiro atoms. The standard InChI is InChI=1S/C27H31N5O2/c1-3-20(2)19-34-27(33)22(17-28)25-26(30-24-12-8-7-11-23(24)29-25)32-15-13-31(14-16-32)18-21-9-5-4-6-10-21/h4-12,20,22H,3,13-16,18-19H2,1-2H3/t20-,22+/m1/s1. The molecule has 1 aromatic heterocycles. The average Bonchev–Trinajstić information content (AvgIpc) is 2.88. The summed E-state index contributed by atoms with van der Waals surface area (Å²) >= 11 is 0. The SMILES string of the molecule is CC[C@@H](C)COC(=O)[C@@H](C#N)c1nc2ccccc2nc1N1CCN(Cc2ccccc2)CC1. The van der Waals surface area contributed by atoms with Crippen molar-refractivity contribution in [2.24, 2.45) is 5.92 Å². The molecule has 2 aromatic carbocycles. The number of carbonyl (C=O) groups excluding carboxylic acids is 1. The third kappa shape index (κ3) is 5.52. The van der Waals surface area contributed by atoms with Gasteiger partial charge in [0.2, 0.25) is 0 Å². The molecule has 0 aliphatic carbocycles. The van der Waals surface area contributed by atoms with E-state index in [0.29, 0.717) is 23.6 Å². The molecule has 0 amide bonds. The lowest BCUT2D eigenvalue weighted by atomic mass is 10.1. The van der Waals surface area contributed by atoms with Gasteiger partial charge in [-0.05, 0) is 23.6 Å². The lowest BCUT2D eigenvalue weighted by Gasteiger charge is -2.36. The Hall–Kier alpha value is -3.50. The van der Waals surface area contributed by atoms with E-state index in [-0.39, 0.29) is 5.92 Å². The molecule has 0 N–H and O–H groups in total. The number of nitrogens with zero attached hydrogens (tertiary/aromatic N) is 5. The number of aromatic nitrogens is 2. The first-order valence-electron chi connectivity index (χ1n) is 11.9. The molecule has 7 nitrogen and oxygen atoms in total. The van der Waals surface area contributed by atoms with E-state index in [2.05, 4.69) is 40.1 Å². The van der Waals surface area contributed by atoms with Gasteiger partial charge in [0.05, 0.1) is 23.7 Å². The molecule has 4 rings (SSSR count). The first-order chi connectivity index (χ1) is 16.6. The summed E-state index contributed by atoms with van der Waals surface area (Å²) in [6, 6.07) is 20.1. The van der Waals surface area contributed by atoms with Crippen LogP contribution in [0.25, 0.3) is 11.0 Å². The van der Waals surface area contributed by atoms with Crippen LogP contribution in [0.2, 0.25) is 0 Å². The Morgan fingerprint density at radius 1 is 1.03 bits per heavy atom. The number of benzene rings is 2. The highest BCUT2D eigenvalue weighted by atomic mass is 16.5. The van der Waals surface area contributed by atoms with Gasteiger partial charge in [-0.25, -0.2) is 9.97 Å². The molecule has 2 heterocycles. The number of nitriles is 1. The zero-order valence-corrected chi connectivity index (χ0v) is 19.9. The first-order valence-corrected chi connectivity index (χ1v) is 11.9. The van der Waals surface area contributed by atoms with E-state index in [0.717, 1.165) is 44.7 Å². The topological polar surface area (TPSA) is 82.3 Å². The Morgan fingerprint density at radius 3 is 2.32 bits per heavy atom. The van der Waals surface area contributed by atoms with E-state index in [1.54, 1.807) is 0 Å². The van der Waals surface area contributed by atoms with Gasteiger partial charge in [-0.15, -0.1) is 0 Å². The summed E-state index contributed by atoms with van der Waals surface area (Å²) in [6.45, 7) is 8.46. The Bertz CT molecular complexity index is 1150. The van der Waals surface area contributed by atoms with Crippen LogP contribution in [0.4, 0.5) is 5.82 Å². The number of esters is 1. The molecule has 0 bridgehead atoms. The Labute approximate surface area is 201 Å². The molecule has 1 aliphatic rings. The van der Waals surface area contributed by atoms with Gasteiger partial charge < -0.3 is 9.64 Å². The maximum atomic E-state index is 12.9. The number of rotatable bonds is 8. The molecule has 0 saturated carbocycles. The van der Waals surface area contributed by atoms with Crippen molar-refractivity contribution in [3.63, 3.8) is 0 Å². The fraction of sp³-hybridized carbons (Fsp3) is 0.407. The van der Waals surface area contributed by atoms with Gasteiger partial charge in [0.25, 0.3) is 0 Å². The van der Waals surface area contributed by atoms with Gasteiger partial charge in [0.1, 0.15) is 5.69 Å². The molecule has 1 aliphatic heterocycles. The number of hydrogen-bond donors (Lipinski definition) is 0. The molecule has 1 fully saturated rings. The minimum Gasteiger partial charge on any atom is -0.464 e. The number of carbonyl (C=O) groups is 1. The van der Waals surface area contributed by atoms with Crippen molar-refractivity contribution in [3.8, 4) is 6.07 Å². The van der Waals surface area contributed by atoms with Crippen molar-refractivity contribution < 1.29 is 9.53 Å². The van der Waals surface area contributed by atoms with Crippen LogP contribution in [-0.4, -0.2) is 53.6 Å². The Kier molecular flexibility index (Phi) is 7.71. The highest BCUT2D eigenvalue weighted by Gasteiger charge is 2.31. The number of ether oxygens (including phenoxy) is 1. The molecule has 176 valence electrons. The van der Waals surface area contributed by atoms with Gasteiger partial charge in [0.15, 0.2) is 11.7 Å². The van der Waals surface area contributed by atoms with E-state index in [9.17, 15) is 10.1 Å². The molecule has 3 aromatic rings. The number of fused-ring (bicyclic) bond motifs is 1. The average molecular weight is 458 g/mol. The third-order valence-electron chi connectivity index (χ3n) is 6.34. The summed E-state index contributed by atoms with van der Waals surface area (Å²) in [7, 11) is 0. The van der Waals surface area contributed by atoms with Crippen molar-refractivity contribution in [1.29, 1.82) is 5.26 Å². The third-order valence-corrected chi connectivity index (χ3v) is 6.34. The summed E-state index contributed by atoms with van der Waals surface area (Å²) in [5.74, 6) is -0.830. The van der Waals surface area contributed by atoms with Crippen LogP contribution in [0.15, 0.2) is 54.6 Å². The van der Waals surface area contributed by atoms with Crippen LogP contribution in [-0.2, 0) is 16.1 Å². The van der Waals surface area contributed by atoms with Gasteiger partial charge in [-0.3, -0.25) is 9.69 Å². The summed E-state index contributed by atoms with van der Waals surface area (Å²) < 4.78 is 5.48. The van der Waals surface area contributed by atoms with Crippen molar-refractivity contribution in [3.05, 3.63) is 65.9 Å². The number of para-hydroxylation sites is 2. The Balaban J connectivity index is 1.57. The molecule has 1 saturated heterocycles. The molecule has 2 atom stereocenters. The molecular weight excluding hydrogens is 426 g/mol. The van der Waals surface area contributed by atoms with Gasteiger partial charge in [-0.1, -0.05) is 62.7 Å². The maximum absolute atomic E-state index is 12.9. The summed E-state index contributed by atoms with van der Waals surface area (Å²) in [5, 5.41) is 9.93. The van der Waals surface area contributed by atoms with Crippen molar-refractivity contribution in [2.75, 3.05) is 37.7 Å². The van der Waals surface area contributed by atoms with Crippen LogP contribution in [0.3, 0.4) is 0 Å². The second-order valence-electron chi connectivity index (χ2n) is 8.88. The maximum Gasteiger partial charge on any atom is 0.329 e. The van der Waals surface area contributed by atoms with Gasteiger partial charge in [-0.2, -0.15) is 5.26 Å². The van der Waals surface area contributed by atoms with Crippen LogP contribution in [0.1, 0.15) is 37.4 Å². The number of hydrogen-bond acceptors (Lipinski definition) is 7. The molecule has 34 heavy (non-hydrogen) atoms. The minimum absolute atomic E-state index is 0.239. The van der Waals surface area contributed by atoms with Crippen molar-refractivity contribution in [1.82, 2.24) is 14.9 Å². The van der Waals surface area contributed by atoms with E-state index >= 15 is 0 Å². The van der Waals surface area contributed by atoms with Gasteiger partial charge >= 0.3 is 5.97 Å². The van der Waals surface area contributed by atoms with E-state index in [4.69, 9.17) is 14.7 Å². The highest BCUT2D eigenvalue weighted by Crippen LogP contribution is 2.29. The molecular formula is C27H31N5O2. The predicted octanol–water partition coefficient (Wildman–Crippen LogP) is 4.15. The molecule has 0 unspecified atom stereocenters. The zero-order chi connectivity index (χ0) is 23.9. The van der Waals surface area contributed by atoms with E-state index < -0.39 is 11.9 Å². The number of anilines is 1. The van der Waals surface area contributed by atoms with Crippen LogP contribution >= 0.6 is 0 Å². The summed E-state index contributed by atoms with van der Waals surface area (Å²) in [4.78, 5) is 27.0. The van der Waals surface area contributed by atoms with Crippen LogP contribution in [0, 0.1) is 17.2 Å². The molecule has 0 radical (unpaired) electrons. The van der Waals surface area contributed by atoms with Crippen LogP contribution in [0.5, 0.6) is 0 Å². The zero-order valence-electron chi connectivity index (χ0n) is 19.9. The fourth-order valence-electron chi connectivity index (χ4n) is 4.04. The van der Waals surface area contributed by atoms with Crippen molar-refractivity contribution in [2.45, 2.75) is 32.7 Å². The lowest BCUT2D eigenvalue weighted by Crippen LogP contribution is -2.46. The monoisotopic (exact) mass is 457 g/mol. The van der Waals surface area contributed by atoms with E-state index in [1.807, 2.05) is 44.2 Å². The first kappa shape index (κ1) is 23.7. The van der Waals surface area contributed by atoms with E-state index in [1.165, 1.54) is 5.56 Å². The minimum atomic E-state index is -1.11. The van der Waals surface area contributed by atoms with Crippen LogP contribution < -0.4 is 4.90 Å². The Morgan fingerprint density at radius 2 is 1.68 bits per heavy atom. The second-order valence-corrected chi connectivity index (χ2v) is 8.88. The molecule has 7 heteroatoms. The smallest absolute Gasteiger partial charge is 0.329 e. The largest absolute Gasteiger partial charge is 0.464 e. The van der Waals surface area contributed by atoms with Gasteiger partial charge in [0, 0.05) is 32.7 Å². The lowest BCUT2D eigenvalue weighted by molar-refractivity contribution is -0.145. The number of piperazine rings is 1. The van der Waals surface area contributed by atoms with Crippen molar-refractivity contribution >= 4 is 22.8 Å². The second kappa shape index (κ2) is 11.1.